The monoisotopic (exact) mass is 474 g/mol. The van der Waals surface area contributed by atoms with E-state index in [0.29, 0.717) is 26.1 Å². The van der Waals surface area contributed by atoms with Crippen LogP contribution in [0.3, 0.4) is 0 Å². The quantitative estimate of drug-likeness (QED) is 0.738. The van der Waals surface area contributed by atoms with Crippen molar-refractivity contribution in [3.63, 3.8) is 0 Å². The van der Waals surface area contributed by atoms with E-state index in [2.05, 4.69) is 33.7 Å². The molecular formula is C27H31FN6O. The Morgan fingerprint density at radius 1 is 1.17 bits per heavy atom. The lowest BCUT2D eigenvalue weighted by atomic mass is 9.87. The molecule has 1 saturated carbocycles. The minimum absolute atomic E-state index is 0.0822. The van der Waals surface area contributed by atoms with Crippen LogP contribution in [0.5, 0.6) is 0 Å². The maximum Gasteiger partial charge on any atom is 0.227 e. The molecule has 1 N–H and O–H groups in total. The Morgan fingerprint density at radius 3 is 2.66 bits per heavy atom. The number of aromatic nitrogens is 1. The number of nitriles is 1. The maximum absolute atomic E-state index is 15.3. The number of piperazine rings is 1. The molecule has 1 aromatic carbocycles. The third kappa shape index (κ3) is 4.17. The van der Waals surface area contributed by atoms with E-state index in [1.54, 1.807) is 0 Å². The summed E-state index contributed by atoms with van der Waals surface area (Å²) in [5.74, 6) is -0.0172. The Balaban J connectivity index is 1.15. The van der Waals surface area contributed by atoms with Crippen LogP contribution >= 0.6 is 0 Å². The van der Waals surface area contributed by atoms with Gasteiger partial charge in [-0.3, -0.25) is 9.69 Å². The van der Waals surface area contributed by atoms with Crippen LogP contribution in [-0.4, -0.2) is 65.9 Å². The standard InChI is InChI=1S/C27H31FN6O/c28-27(7-1-8-30-18-27)22-4-2-19(3-5-22)21-15-25-24(6-9-31-34(25)17-21)32-10-12-33(13-11-32)26(35)23-14-20(23)16-29/h2-5,9,15,17,20,23-24,30H,1,6-8,10-14,18H2/t20-,23+,24?,27?/m1/s1. The second kappa shape index (κ2) is 8.89. The molecule has 3 aliphatic heterocycles. The van der Waals surface area contributed by atoms with E-state index < -0.39 is 5.67 Å². The molecule has 182 valence electrons. The summed E-state index contributed by atoms with van der Waals surface area (Å²) in [7, 11) is 0. The first kappa shape index (κ1) is 22.4. The maximum atomic E-state index is 15.3. The summed E-state index contributed by atoms with van der Waals surface area (Å²) in [6.45, 7) is 4.30. The predicted molar refractivity (Wildman–Crippen MR) is 131 cm³/mol. The number of hydrogen-bond acceptors (Lipinski definition) is 5. The Morgan fingerprint density at radius 2 is 1.97 bits per heavy atom. The highest BCUT2D eigenvalue weighted by atomic mass is 19.1. The predicted octanol–water partition coefficient (Wildman–Crippen LogP) is 3.29. The molecule has 1 amide bonds. The number of fused-ring (bicyclic) bond motifs is 1. The van der Waals surface area contributed by atoms with Crippen LogP contribution in [0.4, 0.5) is 4.39 Å². The highest BCUT2D eigenvalue weighted by molar-refractivity contribution is 5.82. The second-order valence-electron chi connectivity index (χ2n) is 10.3. The summed E-state index contributed by atoms with van der Waals surface area (Å²) in [5.41, 5.74) is 2.74. The lowest BCUT2D eigenvalue weighted by Crippen LogP contribution is -2.50. The van der Waals surface area contributed by atoms with Gasteiger partial charge in [-0.15, -0.1) is 0 Å². The van der Waals surface area contributed by atoms with Gasteiger partial charge in [-0.05, 0) is 43.0 Å². The molecule has 7 nitrogen and oxygen atoms in total. The van der Waals surface area contributed by atoms with E-state index in [1.165, 1.54) is 0 Å². The van der Waals surface area contributed by atoms with Crippen molar-refractivity contribution in [1.82, 2.24) is 19.8 Å². The number of nitrogens with one attached hydrogen (secondary N) is 1. The molecule has 6 rings (SSSR count). The molecule has 0 bridgehead atoms. The first-order valence-corrected chi connectivity index (χ1v) is 12.7. The molecule has 4 aliphatic rings. The lowest BCUT2D eigenvalue weighted by molar-refractivity contribution is -0.134. The first-order chi connectivity index (χ1) is 17.1. The zero-order chi connectivity index (χ0) is 24.0. The summed E-state index contributed by atoms with van der Waals surface area (Å²) < 4.78 is 17.3. The average molecular weight is 475 g/mol. The van der Waals surface area contributed by atoms with Crippen molar-refractivity contribution in [3.8, 4) is 17.2 Å². The van der Waals surface area contributed by atoms with Gasteiger partial charge in [0.25, 0.3) is 0 Å². The van der Waals surface area contributed by atoms with Crippen molar-refractivity contribution in [2.24, 2.45) is 16.9 Å². The number of halogens is 1. The van der Waals surface area contributed by atoms with E-state index in [1.807, 2.05) is 40.1 Å². The van der Waals surface area contributed by atoms with Crippen molar-refractivity contribution in [3.05, 3.63) is 47.8 Å². The largest absolute Gasteiger partial charge is 0.340 e. The van der Waals surface area contributed by atoms with Crippen LogP contribution in [0.1, 0.15) is 43.0 Å². The molecule has 4 heterocycles. The van der Waals surface area contributed by atoms with Crippen molar-refractivity contribution in [1.29, 1.82) is 5.26 Å². The van der Waals surface area contributed by atoms with Crippen molar-refractivity contribution < 1.29 is 9.18 Å². The fourth-order valence-corrected chi connectivity index (χ4v) is 5.84. The van der Waals surface area contributed by atoms with Crippen LogP contribution in [0.25, 0.3) is 11.1 Å². The summed E-state index contributed by atoms with van der Waals surface area (Å²) in [5, 5.41) is 16.8. The first-order valence-electron chi connectivity index (χ1n) is 12.7. The van der Waals surface area contributed by atoms with Gasteiger partial charge in [0, 0.05) is 57.1 Å². The SMILES string of the molecule is N#C[C@H]1C[C@@H]1C(=O)N1CCN(C2CC=Nn3cc(-c4ccc(C5(F)CCCNC5)cc4)cc32)CC1. The van der Waals surface area contributed by atoms with Crippen LogP contribution in [0, 0.1) is 23.2 Å². The highest BCUT2D eigenvalue weighted by Crippen LogP contribution is 2.40. The Bertz CT molecular complexity index is 1170. The van der Waals surface area contributed by atoms with Crippen molar-refractivity contribution >= 4 is 12.1 Å². The van der Waals surface area contributed by atoms with E-state index >= 15 is 4.39 Å². The fourth-order valence-electron chi connectivity index (χ4n) is 5.84. The number of carbonyl (C=O) groups is 1. The molecule has 0 radical (unpaired) electrons. The third-order valence-corrected chi connectivity index (χ3v) is 8.11. The van der Waals surface area contributed by atoms with E-state index in [-0.39, 0.29) is 23.8 Å². The molecule has 1 aliphatic carbocycles. The normalized spacial score (nSPS) is 30.5. The van der Waals surface area contributed by atoms with Crippen LogP contribution in [-0.2, 0) is 10.5 Å². The lowest BCUT2D eigenvalue weighted by Gasteiger charge is -2.39. The van der Waals surface area contributed by atoms with Crippen molar-refractivity contribution in [2.75, 3.05) is 39.3 Å². The van der Waals surface area contributed by atoms with E-state index in [4.69, 9.17) is 5.26 Å². The van der Waals surface area contributed by atoms with Crippen LogP contribution < -0.4 is 5.32 Å². The van der Waals surface area contributed by atoms with Crippen molar-refractivity contribution in [2.45, 2.75) is 37.4 Å². The Hall–Kier alpha value is -3.02. The third-order valence-electron chi connectivity index (χ3n) is 8.11. The van der Waals surface area contributed by atoms with E-state index in [9.17, 15) is 4.79 Å². The molecule has 35 heavy (non-hydrogen) atoms. The van der Waals surface area contributed by atoms with Crippen LogP contribution in [0.2, 0.25) is 0 Å². The zero-order valence-corrected chi connectivity index (χ0v) is 19.9. The molecule has 1 aromatic heterocycles. The number of benzene rings is 1. The number of amides is 1. The minimum atomic E-state index is -1.29. The number of nitrogens with zero attached hydrogens (tertiary/aromatic N) is 5. The van der Waals surface area contributed by atoms with Gasteiger partial charge >= 0.3 is 0 Å². The van der Waals surface area contributed by atoms with Gasteiger partial charge in [0.05, 0.1) is 29.6 Å². The van der Waals surface area contributed by atoms with Crippen LogP contribution in [0.15, 0.2) is 41.6 Å². The molecule has 4 atom stereocenters. The topological polar surface area (TPSA) is 76.7 Å². The minimum Gasteiger partial charge on any atom is -0.340 e. The molecule has 2 aromatic rings. The van der Waals surface area contributed by atoms with Gasteiger partial charge < -0.3 is 10.2 Å². The van der Waals surface area contributed by atoms with Gasteiger partial charge in [0.2, 0.25) is 5.91 Å². The molecule has 8 heteroatoms. The summed E-state index contributed by atoms with van der Waals surface area (Å²) in [6, 6.07) is 12.5. The van der Waals surface area contributed by atoms with Gasteiger partial charge in [-0.1, -0.05) is 24.3 Å². The highest BCUT2D eigenvalue weighted by Gasteiger charge is 2.46. The second-order valence-corrected chi connectivity index (χ2v) is 10.3. The zero-order valence-electron chi connectivity index (χ0n) is 19.9. The molecule has 2 saturated heterocycles. The van der Waals surface area contributed by atoms with Gasteiger partial charge in [-0.2, -0.15) is 10.4 Å². The molecular weight excluding hydrogens is 443 g/mol. The number of carbonyl (C=O) groups excluding carboxylic acids is 1. The molecule has 2 unspecified atom stereocenters. The Labute approximate surface area is 205 Å². The van der Waals surface area contributed by atoms with Gasteiger partial charge in [-0.25, -0.2) is 9.07 Å². The summed E-state index contributed by atoms with van der Waals surface area (Å²) in [6.07, 6.45) is 6.99. The van der Waals surface area contributed by atoms with Gasteiger partial charge in [0.1, 0.15) is 5.67 Å². The summed E-state index contributed by atoms with van der Waals surface area (Å²) >= 11 is 0. The number of rotatable bonds is 4. The number of hydrogen-bond donors (Lipinski definition) is 1. The van der Waals surface area contributed by atoms with Gasteiger partial charge in [0.15, 0.2) is 0 Å². The van der Waals surface area contributed by atoms with E-state index in [0.717, 1.165) is 61.3 Å². The molecule has 3 fully saturated rings. The molecule has 0 spiro atoms. The fraction of sp³-hybridized carbons (Fsp3) is 0.519. The average Bonchev–Trinajstić information content (AvgIpc) is 3.57. The number of piperidine rings is 1. The summed E-state index contributed by atoms with van der Waals surface area (Å²) in [4.78, 5) is 17.0. The smallest absolute Gasteiger partial charge is 0.227 e. The Kier molecular flexibility index (Phi) is 5.70. The number of alkyl halides is 1.